The van der Waals surface area contributed by atoms with Crippen molar-refractivity contribution in [1.29, 1.82) is 0 Å². The van der Waals surface area contributed by atoms with Crippen molar-refractivity contribution in [3.8, 4) is 11.5 Å². The second-order valence-electron chi connectivity index (χ2n) is 5.38. The molecular weight excluding hydrogens is 394 g/mol. The lowest BCUT2D eigenvalue weighted by atomic mass is 10.1. The van der Waals surface area contributed by atoms with E-state index in [0.29, 0.717) is 17.1 Å². The van der Waals surface area contributed by atoms with Crippen LogP contribution in [0.1, 0.15) is 18.4 Å². The first-order valence-corrected chi connectivity index (χ1v) is 8.91. The number of ether oxygens (including phenoxy) is 2. The number of para-hydroxylation sites is 1. The zero-order valence-electron chi connectivity index (χ0n) is 14.4. The molecule has 1 aromatic rings. The lowest BCUT2D eigenvalue weighted by Gasteiger charge is -2.27. The molecule has 1 aliphatic heterocycles. The average molecular weight is 409 g/mol. The number of carboxylic acid groups (broad SMARTS) is 2. The van der Waals surface area contributed by atoms with Crippen LogP contribution in [0.25, 0.3) is 6.08 Å². The fourth-order valence-electron chi connectivity index (χ4n) is 2.52. The summed E-state index contributed by atoms with van der Waals surface area (Å²) < 4.78 is 10.5. The van der Waals surface area contributed by atoms with Gasteiger partial charge in [0.25, 0.3) is 5.91 Å². The number of nitrogens with zero attached hydrogens (tertiary/aromatic N) is 1. The highest BCUT2D eigenvalue weighted by Gasteiger charge is 2.37. The number of carbonyl (C=O) groups excluding carboxylic acids is 3. The summed E-state index contributed by atoms with van der Waals surface area (Å²) in [6.45, 7) is 0. The molecule has 0 aromatic heterocycles. The largest absolute Gasteiger partial charge is 0.550 e. The molecule has 1 heterocycles. The summed E-state index contributed by atoms with van der Waals surface area (Å²) in [6.07, 6.45) is 0.594. The maximum Gasteiger partial charge on any atom is 0.266 e. The second-order valence-corrected chi connectivity index (χ2v) is 7.06. The van der Waals surface area contributed by atoms with E-state index in [1.165, 1.54) is 20.3 Å². The lowest BCUT2D eigenvalue weighted by molar-refractivity contribution is -0.311. The summed E-state index contributed by atoms with van der Waals surface area (Å²) in [4.78, 5) is 35.8. The van der Waals surface area contributed by atoms with Gasteiger partial charge < -0.3 is 29.3 Å². The number of carboxylic acids is 2. The maximum atomic E-state index is 12.7. The topological polar surface area (TPSA) is 119 Å². The molecule has 10 heteroatoms. The molecule has 0 spiro atoms. The maximum absolute atomic E-state index is 12.7. The van der Waals surface area contributed by atoms with Crippen LogP contribution in [0, 0.1) is 0 Å². The Labute approximate surface area is 164 Å². The second kappa shape index (κ2) is 8.87. The van der Waals surface area contributed by atoms with E-state index in [1.807, 2.05) is 0 Å². The van der Waals surface area contributed by atoms with Gasteiger partial charge in [0.2, 0.25) is 0 Å². The van der Waals surface area contributed by atoms with Gasteiger partial charge in [-0.3, -0.25) is 9.69 Å². The number of methoxy groups -OCH3 is 2. The molecular formula is C17H15NO7S2-2. The van der Waals surface area contributed by atoms with Gasteiger partial charge in [0.15, 0.2) is 11.5 Å². The molecule has 144 valence electrons. The molecule has 0 unspecified atom stereocenters. The van der Waals surface area contributed by atoms with Crippen LogP contribution in [0.5, 0.6) is 11.5 Å². The number of hydrogen-bond donors (Lipinski definition) is 0. The molecule has 0 N–H and O–H groups in total. The Morgan fingerprint density at radius 3 is 2.56 bits per heavy atom. The van der Waals surface area contributed by atoms with Gasteiger partial charge in [0.1, 0.15) is 4.32 Å². The van der Waals surface area contributed by atoms with Gasteiger partial charge >= 0.3 is 0 Å². The van der Waals surface area contributed by atoms with Crippen LogP contribution in [0.3, 0.4) is 0 Å². The molecule has 1 fully saturated rings. The van der Waals surface area contributed by atoms with Crippen molar-refractivity contribution >= 4 is 52.2 Å². The van der Waals surface area contributed by atoms with Gasteiger partial charge in [0.05, 0.1) is 31.1 Å². The standard InChI is InChI=1S/C17H17NO7S2/c1-24-11-5-3-4-9(14(11)25-2)8-12-15(21)18(17(26)27-12)10(16(22)23)6-7-13(19)20/h3-5,8,10H,6-7H2,1-2H3,(H,19,20)(H,22,23)/p-2/b12-8-/t10-/m0/s1. The summed E-state index contributed by atoms with van der Waals surface area (Å²) in [6, 6.07) is 3.60. The Morgan fingerprint density at radius 1 is 1.30 bits per heavy atom. The quantitative estimate of drug-likeness (QED) is 0.415. The normalized spacial score (nSPS) is 16.5. The number of hydrogen-bond acceptors (Lipinski definition) is 9. The summed E-state index contributed by atoms with van der Waals surface area (Å²) in [5.41, 5.74) is 0.539. The van der Waals surface area contributed by atoms with Gasteiger partial charge in [-0.1, -0.05) is 36.1 Å². The van der Waals surface area contributed by atoms with E-state index >= 15 is 0 Å². The van der Waals surface area contributed by atoms with E-state index in [9.17, 15) is 24.6 Å². The van der Waals surface area contributed by atoms with E-state index in [2.05, 4.69) is 0 Å². The Bertz CT molecular complexity index is 821. The Morgan fingerprint density at radius 2 is 2.00 bits per heavy atom. The van der Waals surface area contributed by atoms with E-state index in [0.717, 1.165) is 16.7 Å². The highest BCUT2D eigenvalue weighted by atomic mass is 32.2. The first kappa shape index (κ1) is 20.7. The molecule has 27 heavy (non-hydrogen) atoms. The number of thiocarbonyl (C=S) groups is 1. The molecule has 0 saturated carbocycles. The third kappa shape index (κ3) is 4.58. The molecule has 1 atom stereocenters. The van der Waals surface area contributed by atoms with Crippen LogP contribution in [0.2, 0.25) is 0 Å². The molecule has 8 nitrogen and oxygen atoms in total. The predicted molar refractivity (Wildman–Crippen MR) is 97.6 cm³/mol. The van der Waals surface area contributed by atoms with E-state index in [-0.39, 0.29) is 15.6 Å². The Balaban J connectivity index is 2.36. The highest BCUT2D eigenvalue weighted by molar-refractivity contribution is 8.26. The van der Waals surface area contributed by atoms with Crippen LogP contribution >= 0.6 is 24.0 Å². The first-order valence-electron chi connectivity index (χ1n) is 7.68. The monoisotopic (exact) mass is 409 g/mol. The minimum absolute atomic E-state index is 0.000612. The zero-order chi connectivity index (χ0) is 20.1. The van der Waals surface area contributed by atoms with Crippen molar-refractivity contribution in [2.75, 3.05) is 14.2 Å². The molecule has 1 amide bonds. The molecule has 1 saturated heterocycles. The van der Waals surface area contributed by atoms with Gasteiger partial charge in [-0.15, -0.1) is 0 Å². The number of benzene rings is 1. The van der Waals surface area contributed by atoms with Crippen molar-refractivity contribution in [2.24, 2.45) is 0 Å². The number of carbonyl (C=O) groups is 3. The summed E-state index contributed by atoms with van der Waals surface area (Å²) in [7, 11) is 2.93. The smallest absolute Gasteiger partial charge is 0.266 e. The molecule has 1 aromatic carbocycles. The van der Waals surface area contributed by atoms with Crippen molar-refractivity contribution in [3.05, 3.63) is 28.7 Å². The fraction of sp³-hybridized carbons (Fsp3) is 0.294. The minimum Gasteiger partial charge on any atom is -0.550 e. The van der Waals surface area contributed by atoms with E-state index < -0.39 is 30.3 Å². The number of rotatable bonds is 8. The third-order valence-electron chi connectivity index (χ3n) is 3.75. The van der Waals surface area contributed by atoms with Gasteiger partial charge in [-0.05, 0) is 25.0 Å². The van der Waals surface area contributed by atoms with Crippen LogP contribution < -0.4 is 19.7 Å². The fourth-order valence-corrected chi connectivity index (χ4v) is 3.87. The SMILES string of the molecule is COc1cccc(/C=C2\SC(=S)N([C@@H](CCC(=O)[O-])C(=O)[O-])C2=O)c1OC. The van der Waals surface area contributed by atoms with Crippen molar-refractivity contribution < 1.29 is 34.1 Å². The Hall–Kier alpha value is -2.59. The average Bonchev–Trinajstić information content (AvgIpc) is 2.88. The lowest BCUT2D eigenvalue weighted by Crippen LogP contribution is -2.50. The minimum atomic E-state index is -1.59. The molecule has 1 aliphatic rings. The summed E-state index contributed by atoms with van der Waals surface area (Å²) >= 11 is 6.02. The molecule has 0 aliphatic carbocycles. The van der Waals surface area contributed by atoms with Crippen molar-refractivity contribution in [1.82, 2.24) is 4.90 Å². The van der Waals surface area contributed by atoms with Crippen LogP contribution in [0.15, 0.2) is 23.1 Å². The number of thioether (sulfide) groups is 1. The molecule has 2 rings (SSSR count). The third-order valence-corrected chi connectivity index (χ3v) is 5.08. The van der Waals surface area contributed by atoms with Crippen molar-refractivity contribution in [2.45, 2.75) is 18.9 Å². The first-order chi connectivity index (χ1) is 12.8. The summed E-state index contributed by atoms with van der Waals surface area (Å²) in [5, 5.41) is 22.0. The van der Waals surface area contributed by atoms with Crippen molar-refractivity contribution in [3.63, 3.8) is 0 Å². The van der Waals surface area contributed by atoms with E-state index in [1.54, 1.807) is 18.2 Å². The highest BCUT2D eigenvalue weighted by Crippen LogP contribution is 2.38. The Kier molecular flexibility index (Phi) is 6.81. The molecule has 0 bridgehead atoms. The van der Waals surface area contributed by atoms with Gasteiger partial charge in [-0.2, -0.15) is 0 Å². The van der Waals surface area contributed by atoms with Crippen LogP contribution in [0.4, 0.5) is 0 Å². The summed E-state index contributed by atoms with van der Waals surface area (Å²) in [5.74, 6) is -2.81. The van der Waals surface area contributed by atoms with Gasteiger partial charge in [0, 0.05) is 11.5 Å². The number of aliphatic carboxylic acids is 2. The van der Waals surface area contributed by atoms with Crippen LogP contribution in [-0.2, 0) is 14.4 Å². The van der Waals surface area contributed by atoms with Gasteiger partial charge in [-0.25, -0.2) is 0 Å². The number of amides is 1. The van der Waals surface area contributed by atoms with E-state index in [4.69, 9.17) is 21.7 Å². The van der Waals surface area contributed by atoms with Crippen LogP contribution in [-0.4, -0.2) is 47.3 Å². The molecule has 0 radical (unpaired) electrons. The predicted octanol–water partition coefficient (Wildman–Crippen LogP) is -0.446. The zero-order valence-corrected chi connectivity index (χ0v) is 16.1.